The van der Waals surface area contributed by atoms with Gasteiger partial charge in [-0.05, 0) is 50.7 Å². The maximum atomic E-state index is 11.6. The van der Waals surface area contributed by atoms with Gasteiger partial charge in [0.25, 0.3) is 0 Å². The van der Waals surface area contributed by atoms with Crippen LogP contribution in [0.3, 0.4) is 0 Å². The monoisotopic (exact) mass is 302 g/mol. The molecular weight excluding hydrogens is 280 g/mol. The quantitative estimate of drug-likeness (QED) is 0.664. The van der Waals surface area contributed by atoms with Gasteiger partial charge in [0.1, 0.15) is 11.7 Å². The van der Waals surface area contributed by atoms with Crippen LogP contribution < -0.4 is 11.1 Å². The Balaban J connectivity index is 2.61. The van der Waals surface area contributed by atoms with Gasteiger partial charge in [0.15, 0.2) is 0 Å². The van der Waals surface area contributed by atoms with Crippen LogP contribution in [0.1, 0.15) is 38.9 Å². The highest BCUT2D eigenvalue weighted by Crippen LogP contribution is 2.28. The number of carbonyl (C=O) groups is 1. The van der Waals surface area contributed by atoms with Gasteiger partial charge < -0.3 is 20.7 Å². The lowest BCUT2D eigenvalue weighted by atomic mass is 10.1. The maximum Gasteiger partial charge on any atom is 0.412 e. The molecule has 1 amide bonds. The third kappa shape index (κ3) is 5.46. The van der Waals surface area contributed by atoms with E-state index in [2.05, 4.69) is 5.32 Å². The van der Waals surface area contributed by atoms with Gasteiger partial charge in [0.05, 0.1) is 11.1 Å². The highest BCUT2D eigenvalue weighted by atomic mass is 32.1. The maximum absolute atomic E-state index is 11.6. The summed E-state index contributed by atoms with van der Waals surface area (Å²) in [5, 5.41) is 24.4. The summed E-state index contributed by atoms with van der Waals surface area (Å²) in [6.07, 6.45) is -2.16. The first-order valence-corrected chi connectivity index (χ1v) is 7.25. The Morgan fingerprint density at radius 3 is 2.70 bits per heavy atom. The number of thiophene rings is 1. The van der Waals surface area contributed by atoms with Gasteiger partial charge in [-0.1, -0.05) is 0 Å². The van der Waals surface area contributed by atoms with Crippen molar-refractivity contribution in [3.05, 3.63) is 17.0 Å². The summed E-state index contributed by atoms with van der Waals surface area (Å²) in [4.78, 5) is 11.6. The molecule has 6 nitrogen and oxygen atoms in total. The third-order valence-electron chi connectivity index (χ3n) is 2.41. The molecule has 0 fully saturated rings. The fraction of sp³-hybridized carbons (Fsp3) is 0.615. The Morgan fingerprint density at radius 2 is 2.15 bits per heavy atom. The number of carbonyl (C=O) groups excluding carboxylic acids is 1. The summed E-state index contributed by atoms with van der Waals surface area (Å²) >= 11 is 1.25. The molecule has 2 unspecified atom stereocenters. The number of amides is 1. The smallest absolute Gasteiger partial charge is 0.412 e. The van der Waals surface area contributed by atoms with Gasteiger partial charge in [-0.3, -0.25) is 5.32 Å². The van der Waals surface area contributed by atoms with Crippen molar-refractivity contribution in [2.24, 2.45) is 5.73 Å². The second kappa shape index (κ2) is 7.03. The second-order valence-corrected chi connectivity index (χ2v) is 6.37. The van der Waals surface area contributed by atoms with Gasteiger partial charge in [0, 0.05) is 0 Å². The number of anilines is 1. The Labute approximate surface area is 122 Å². The van der Waals surface area contributed by atoms with Crippen molar-refractivity contribution in [1.29, 1.82) is 0 Å². The number of ether oxygens (including phenoxy) is 1. The molecule has 0 saturated carbocycles. The Bertz CT molecular complexity index is 442. The minimum absolute atomic E-state index is 0.297. The fourth-order valence-electron chi connectivity index (χ4n) is 1.53. The van der Waals surface area contributed by atoms with Crippen LogP contribution in [0.2, 0.25) is 0 Å². The van der Waals surface area contributed by atoms with E-state index in [1.54, 1.807) is 32.2 Å². The lowest BCUT2D eigenvalue weighted by molar-refractivity contribution is 0.0153. The summed E-state index contributed by atoms with van der Waals surface area (Å²) in [6, 6.07) is 1.61. The van der Waals surface area contributed by atoms with Crippen molar-refractivity contribution in [1.82, 2.24) is 0 Å². The molecule has 1 aromatic heterocycles. The standard InChI is InChI=1S/C13H22N2O4S/c1-13(2,3)19-12(18)15-10-6-8(7-20-10)11(17)9(16)4-5-14/h6-7,9,11,16-17H,4-5,14H2,1-3H3,(H,15,18). The average Bonchev–Trinajstić information content (AvgIpc) is 2.74. The molecule has 0 spiro atoms. The van der Waals surface area contributed by atoms with Crippen LogP contribution in [-0.4, -0.2) is 34.6 Å². The van der Waals surface area contributed by atoms with Crippen LogP contribution in [0, 0.1) is 0 Å². The molecule has 7 heteroatoms. The zero-order chi connectivity index (χ0) is 15.3. The highest BCUT2D eigenvalue weighted by molar-refractivity contribution is 7.14. The normalized spacial score (nSPS) is 14.7. The predicted octanol–water partition coefficient (Wildman–Crippen LogP) is 1.84. The van der Waals surface area contributed by atoms with Crippen LogP contribution in [0.5, 0.6) is 0 Å². The lowest BCUT2D eigenvalue weighted by Crippen LogP contribution is -2.27. The highest BCUT2D eigenvalue weighted by Gasteiger charge is 2.20. The lowest BCUT2D eigenvalue weighted by Gasteiger charge is -2.19. The van der Waals surface area contributed by atoms with Gasteiger partial charge in [-0.25, -0.2) is 4.79 Å². The molecule has 2 atom stereocenters. The zero-order valence-electron chi connectivity index (χ0n) is 11.9. The van der Waals surface area contributed by atoms with E-state index in [0.29, 0.717) is 23.5 Å². The van der Waals surface area contributed by atoms with Crippen LogP contribution in [0.4, 0.5) is 9.80 Å². The molecular formula is C13H22N2O4S. The summed E-state index contributed by atoms with van der Waals surface area (Å²) in [6.45, 7) is 5.63. The first kappa shape index (κ1) is 16.9. The molecule has 0 aliphatic carbocycles. The Morgan fingerprint density at radius 1 is 1.50 bits per heavy atom. The van der Waals surface area contributed by atoms with Crippen LogP contribution >= 0.6 is 11.3 Å². The van der Waals surface area contributed by atoms with E-state index >= 15 is 0 Å². The van der Waals surface area contributed by atoms with Crippen LogP contribution in [-0.2, 0) is 4.74 Å². The topological polar surface area (TPSA) is 105 Å². The van der Waals surface area contributed by atoms with Crippen molar-refractivity contribution in [2.45, 2.75) is 45.0 Å². The molecule has 1 heterocycles. The first-order chi connectivity index (χ1) is 9.23. The Kier molecular flexibility index (Phi) is 5.94. The van der Waals surface area contributed by atoms with E-state index in [4.69, 9.17) is 10.5 Å². The van der Waals surface area contributed by atoms with Gasteiger partial charge in [0.2, 0.25) is 0 Å². The molecule has 0 saturated heterocycles. The largest absolute Gasteiger partial charge is 0.444 e. The molecule has 1 rings (SSSR count). The number of nitrogens with one attached hydrogen (secondary N) is 1. The second-order valence-electron chi connectivity index (χ2n) is 5.46. The summed E-state index contributed by atoms with van der Waals surface area (Å²) in [7, 11) is 0. The Hall–Kier alpha value is -1.15. The number of hydrogen-bond donors (Lipinski definition) is 4. The van der Waals surface area contributed by atoms with Crippen molar-refractivity contribution in [3.8, 4) is 0 Å². The van der Waals surface area contributed by atoms with Crippen molar-refractivity contribution in [2.75, 3.05) is 11.9 Å². The minimum Gasteiger partial charge on any atom is -0.444 e. The van der Waals surface area contributed by atoms with Gasteiger partial charge in [-0.2, -0.15) is 0 Å². The average molecular weight is 302 g/mol. The molecule has 5 N–H and O–H groups in total. The third-order valence-corrected chi connectivity index (χ3v) is 3.28. The van der Waals surface area contributed by atoms with E-state index < -0.39 is 23.9 Å². The van der Waals surface area contributed by atoms with Gasteiger partial charge >= 0.3 is 6.09 Å². The summed E-state index contributed by atoms with van der Waals surface area (Å²) < 4.78 is 5.13. The number of nitrogens with two attached hydrogens (primary N) is 1. The molecule has 114 valence electrons. The molecule has 0 aliphatic rings. The zero-order valence-corrected chi connectivity index (χ0v) is 12.7. The van der Waals surface area contributed by atoms with E-state index in [1.807, 2.05) is 0 Å². The number of hydrogen-bond acceptors (Lipinski definition) is 6. The molecule has 0 aliphatic heterocycles. The van der Waals surface area contributed by atoms with Crippen LogP contribution in [0.25, 0.3) is 0 Å². The predicted molar refractivity (Wildman–Crippen MR) is 78.8 cm³/mol. The minimum atomic E-state index is -1.01. The molecule has 0 bridgehead atoms. The van der Waals surface area contributed by atoms with E-state index in [0.717, 1.165) is 0 Å². The van der Waals surface area contributed by atoms with E-state index in [1.165, 1.54) is 11.3 Å². The first-order valence-electron chi connectivity index (χ1n) is 6.37. The number of aliphatic hydroxyl groups is 2. The summed E-state index contributed by atoms with van der Waals surface area (Å²) in [5.41, 5.74) is 5.31. The van der Waals surface area contributed by atoms with E-state index in [9.17, 15) is 15.0 Å². The summed E-state index contributed by atoms with van der Waals surface area (Å²) in [5.74, 6) is 0. The molecule has 0 radical (unpaired) electrons. The molecule has 0 aromatic carbocycles. The fourth-order valence-corrected chi connectivity index (χ4v) is 2.34. The SMILES string of the molecule is CC(C)(C)OC(=O)Nc1cc(C(O)C(O)CCN)cs1. The van der Waals surface area contributed by atoms with Crippen molar-refractivity contribution in [3.63, 3.8) is 0 Å². The number of rotatable bonds is 5. The molecule has 1 aromatic rings. The molecule has 20 heavy (non-hydrogen) atoms. The van der Waals surface area contributed by atoms with Crippen LogP contribution in [0.15, 0.2) is 11.4 Å². The van der Waals surface area contributed by atoms with Crippen molar-refractivity contribution < 1.29 is 19.7 Å². The van der Waals surface area contributed by atoms with E-state index in [-0.39, 0.29) is 0 Å². The van der Waals surface area contributed by atoms with Crippen molar-refractivity contribution >= 4 is 22.4 Å². The van der Waals surface area contributed by atoms with Gasteiger partial charge in [-0.15, -0.1) is 11.3 Å². The number of aliphatic hydroxyl groups excluding tert-OH is 2.